The lowest BCUT2D eigenvalue weighted by Crippen LogP contribution is -2.30. The molecule has 23 heavy (non-hydrogen) atoms. The molecule has 0 saturated heterocycles. The van der Waals surface area contributed by atoms with Crippen molar-refractivity contribution in [2.75, 3.05) is 32.5 Å². The molecule has 0 aliphatic carbocycles. The van der Waals surface area contributed by atoms with Crippen LogP contribution in [-0.4, -0.2) is 47.9 Å². The summed E-state index contributed by atoms with van der Waals surface area (Å²) in [7, 11) is 4.02. The molecule has 1 aromatic heterocycles. The maximum absolute atomic E-state index is 11.8. The van der Waals surface area contributed by atoms with Crippen LogP contribution in [0.15, 0.2) is 36.5 Å². The van der Waals surface area contributed by atoms with E-state index in [1.54, 1.807) is 6.07 Å². The van der Waals surface area contributed by atoms with E-state index in [2.05, 4.69) is 20.6 Å². The second kappa shape index (κ2) is 8.55. The number of amides is 2. The van der Waals surface area contributed by atoms with Crippen LogP contribution in [0.2, 0.25) is 5.02 Å². The highest BCUT2D eigenvalue weighted by Crippen LogP contribution is 2.10. The van der Waals surface area contributed by atoms with Crippen LogP contribution in [-0.2, 0) is 13.0 Å². The Morgan fingerprint density at radius 1 is 1.35 bits per heavy atom. The summed E-state index contributed by atoms with van der Waals surface area (Å²) in [6.07, 6.45) is 2.58. The Morgan fingerprint density at radius 2 is 2.17 bits per heavy atom. The maximum Gasteiger partial charge on any atom is 0.320 e. The number of nitrogens with zero attached hydrogens (tertiary/aromatic N) is 3. The van der Waals surface area contributed by atoms with E-state index in [0.29, 0.717) is 17.4 Å². The highest BCUT2D eigenvalue weighted by molar-refractivity contribution is 6.30. The fourth-order valence-electron chi connectivity index (χ4n) is 2.03. The third kappa shape index (κ3) is 6.30. The average Bonchev–Trinajstić information content (AvgIpc) is 2.92. The first-order valence-electron chi connectivity index (χ1n) is 7.50. The molecular formula is C16H22ClN5O. The third-order valence-electron chi connectivity index (χ3n) is 3.25. The number of benzene rings is 1. The number of aromatic nitrogens is 2. The lowest BCUT2D eigenvalue weighted by atomic mass is 10.1. The predicted octanol–water partition coefficient (Wildman–Crippen LogP) is 2.46. The van der Waals surface area contributed by atoms with Crippen molar-refractivity contribution >= 4 is 23.4 Å². The molecule has 0 spiro atoms. The summed E-state index contributed by atoms with van der Waals surface area (Å²) in [5.74, 6) is 0.545. The van der Waals surface area contributed by atoms with Gasteiger partial charge in [0.25, 0.3) is 0 Å². The normalized spacial score (nSPS) is 10.8. The highest BCUT2D eigenvalue weighted by Gasteiger charge is 2.05. The molecule has 0 bridgehead atoms. The molecule has 2 N–H and O–H groups in total. The molecular weight excluding hydrogens is 314 g/mol. The minimum atomic E-state index is -0.259. The van der Waals surface area contributed by atoms with E-state index in [1.165, 1.54) is 0 Å². The fraction of sp³-hybridized carbons (Fsp3) is 0.375. The summed E-state index contributed by atoms with van der Waals surface area (Å²) < 4.78 is 1.81. The van der Waals surface area contributed by atoms with Gasteiger partial charge in [0, 0.05) is 30.4 Å². The minimum Gasteiger partial charge on any atom is -0.337 e. The summed E-state index contributed by atoms with van der Waals surface area (Å²) in [5, 5.41) is 10.5. The maximum atomic E-state index is 11.8. The lowest BCUT2D eigenvalue weighted by molar-refractivity contribution is 0.252. The van der Waals surface area contributed by atoms with Crippen LogP contribution in [0.5, 0.6) is 0 Å². The van der Waals surface area contributed by atoms with Gasteiger partial charge in [0.1, 0.15) is 0 Å². The monoisotopic (exact) mass is 335 g/mol. The second-order valence-electron chi connectivity index (χ2n) is 5.53. The van der Waals surface area contributed by atoms with E-state index in [4.69, 9.17) is 11.6 Å². The number of urea groups is 1. The van der Waals surface area contributed by atoms with E-state index < -0.39 is 0 Å². The van der Waals surface area contributed by atoms with Crippen LogP contribution in [0.25, 0.3) is 0 Å². The van der Waals surface area contributed by atoms with Crippen LogP contribution in [0.1, 0.15) is 5.56 Å². The molecule has 0 unspecified atom stereocenters. The molecule has 6 nitrogen and oxygen atoms in total. The van der Waals surface area contributed by atoms with Crippen LogP contribution < -0.4 is 10.6 Å². The largest absolute Gasteiger partial charge is 0.337 e. The van der Waals surface area contributed by atoms with Gasteiger partial charge >= 0.3 is 6.03 Å². The predicted molar refractivity (Wildman–Crippen MR) is 93.0 cm³/mol. The van der Waals surface area contributed by atoms with Gasteiger partial charge in [-0.15, -0.1) is 0 Å². The topological polar surface area (TPSA) is 62.2 Å². The van der Waals surface area contributed by atoms with Crippen LogP contribution in [0, 0.1) is 0 Å². The molecule has 1 heterocycles. The number of carbonyl (C=O) groups is 1. The van der Waals surface area contributed by atoms with E-state index in [1.807, 2.05) is 49.2 Å². The summed E-state index contributed by atoms with van der Waals surface area (Å²) in [6.45, 7) is 2.21. The van der Waals surface area contributed by atoms with Crippen LogP contribution in [0.3, 0.4) is 0 Å². The van der Waals surface area contributed by atoms with E-state index in [9.17, 15) is 4.79 Å². The van der Waals surface area contributed by atoms with Crippen molar-refractivity contribution in [3.05, 3.63) is 47.1 Å². The molecule has 2 rings (SSSR count). The molecule has 0 fully saturated rings. The van der Waals surface area contributed by atoms with Gasteiger partial charge in [-0.25, -0.2) is 4.79 Å². The van der Waals surface area contributed by atoms with Gasteiger partial charge in [-0.05, 0) is 38.2 Å². The molecule has 0 aliphatic rings. The molecule has 2 amide bonds. The van der Waals surface area contributed by atoms with Crippen molar-refractivity contribution in [2.45, 2.75) is 13.0 Å². The van der Waals surface area contributed by atoms with Crippen molar-refractivity contribution < 1.29 is 4.79 Å². The fourth-order valence-corrected chi connectivity index (χ4v) is 2.24. The Hall–Kier alpha value is -2.05. The quantitative estimate of drug-likeness (QED) is 0.817. The summed E-state index contributed by atoms with van der Waals surface area (Å²) in [6, 6.07) is 9.14. The van der Waals surface area contributed by atoms with Gasteiger partial charge in [-0.1, -0.05) is 23.7 Å². The van der Waals surface area contributed by atoms with Gasteiger partial charge in [0.05, 0.1) is 6.54 Å². The summed E-state index contributed by atoms with van der Waals surface area (Å²) in [4.78, 5) is 13.9. The summed E-state index contributed by atoms with van der Waals surface area (Å²) >= 11 is 5.93. The third-order valence-corrected chi connectivity index (χ3v) is 3.48. The number of likely N-dealkylation sites (N-methyl/N-ethyl adjacent to an activating group) is 1. The van der Waals surface area contributed by atoms with Crippen molar-refractivity contribution in [3.63, 3.8) is 0 Å². The van der Waals surface area contributed by atoms with E-state index in [0.717, 1.165) is 25.1 Å². The van der Waals surface area contributed by atoms with Crippen LogP contribution >= 0.6 is 11.6 Å². The van der Waals surface area contributed by atoms with Gasteiger partial charge in [-0.3, -0.25) is 10.00 Å². The zero-order valence-electron chi connectivity index (χ0n) is 13.4. The molecule has 2 aromatic rings. The van der Waals surface area contributed by atoms with Crippen molar-refractivity contribution in [1.82, 2.24) is 20.0 Å². The Morgan fingerprint density at radius 3 is 2.91 bits per heavy atom. The van der Waals surface area contributed by atoms with Gasteiger partial charge in [0.15, 0.2) is 5.82 Å². The van der Waals surface area contributed by atoms with Crippen molar-refractivity contribution in [1.29, 1.82) is 0 Å². The Bertz CT molecular complexity index is 641. The lowest BCUT2D eigenvalue weighted by Gasteiger charge is -2.09. The highest BCUT2D eigenvalue weighted by atomic mass is 35.5. The molecule has 0 saturated carbocycles. The number of hydrogen-bond donors (Lipinski definition) is 2. The summed E-state index contributed by atoms with van der Waals surface area (Å²) in [5.41, 5.74) is 1.09. The van der Waals surface area contributed by atoms with Crippen LogP contribution in [0.4, 0.5) is 10.6 Å². The van der Waals surface area contributed by atoms with E-state index >= 15 is 0 Å². The molecule has 0 radical (unpaired) electrons. The molecule has 7 heteroatoms. The first kappa shape index (κ1) is 17.3. The Balaban J connectivity index is 1.72. The first-order valence-corrected chi connectivity index (χ1v) is 7.88. The average molecular weight is 336 g/mol. The van der Waals surface area contributed by atoms with Crippen molar-refractivity contribution in [3.8, 4) is 0 Å². The number of nitrogens with one attached hydrogen (secondary N) is 2. The second-order valence-corrected chi connectivity index (χ2v) is 5.96. The minimum absolute atomic E-state index is 0.259. The van der Waals surface area contributed by atoms with Gasteiger partial charge < -0.3 is 10.2 Å². The van der Waals surface area contributed by atoms with Gasteiger partial charge in [0.2, 0.25) is 0 Å². The number of hydrogen-bond acceptors (Lipinski definition) is 3. The standard InChI is InChI=1S/C16H22ClN5O/c1-21(2)10-11-22-9-7-15(20-22)19-16(23)18-8-6-13-4-3-5-14(17)12-13/h3-5,7,9,12H,6,8,10-11H2,1-2H3,(H2,18,19,20,23). The van der Waals surface area contributed by atoms with E-state index in [-0.39, 0.29) is 6.03 Å². The number of anilines is 1. The molecule has 0 atom stereocenters. The van der Waals surface area contributed by atoms with Gasteiger partial charge in [-0.2, -0.15) is 5.10 Å². The molecule has 1 aromatic carbocycles. The smallest absolute Gasteiger partial charge is 0.320 e. The molecule has 124 valence electrons. The molecule has 0 aliphatic heterocycles. The Labute approximate surface area is 141 Å². The zero-order valence-corrected chi connectivity index (χ0v) is 14.2. The number of halogens is 1. The SMILES string of the molecule is CN(C)CCn1ccc(NC(=O)NCCc2cccc(Cl)c2)n1. The number of carbonyl (C=O) groups excluding carboxylic acids is 1. The van der Waals surface area contributed by atoms with Crippen molar-refractivity contribution in [2.24, 2.45) is 0 Å². The first-order chi connectivity index (χ1) is 11.0. The Kier molecular flexibility index (Phi) is 6.43. The number of rotatable bonds is 7. The zero-order chi connectivity index (χ0) is 16.7.